The van der Waals surface area contributed by atoms with Crippen LogP contribution in [0, 0.1) is 0 Å². The topological polar surface area (TPSA) is 38.3 Å². The Balaban J connectivity index is 3.49. The van der Waals surface area contributed by atoms with E-state index in [-0.39, 0.29) is 0 Å². The van der Waals surface area contributed by atoms with E-state index in [0.717, 1.165) is 5.57 Å². The fraction of sp³-hybridized carbons (Fsp3) is 0.571. The maximum Gasteiger partial charge on any atom is 0.411 e. The molecule has 0 aromatic heterocycles. The van der Waals surface area contributed by atoms with Crippen LogP contribution >= 0.6 is 0 Å². The second kappa shape index (κ2) is 4.85. The molecule has 0 saturated carbocycles. The van der Waals surface area contributed by atoms with Crippen molar-refractivity contribution in [3.8, 4) is 0 Å². The van der Waals surface area contributed by atoms with Crippen LogP contribution < -0.4 is 5.32 Å². The highest BCUT2D eigenvalue weighted by Gasteiger charge is 1.93. The van der Waals surface area contributed by atoms with Gasteiger partial charge in [-0.05, 0) is 20.8 Å². The quantitative estimate of drug-likeness (QED) is 0.638. The average molecular weight is 143 g/mol. The van der Waals surface area contributed by atoms with E-state index < -0.39 is 6.09 Å². The first-order valence-electron chi connectivity index (χ1n) is 3.23. The van der Waals surface area contributed by atoms with Gasteiger partial charge in [0.2, 0.25) is 0 Å². The summed E-state index contributed by atoms with van der Waals surface area (Å²) in [7, 11) is 0. The van der Waals surface area contributed by atoms with Gasteiger partial charge in [-0.1, -0.05) is 5.57 Å². The summed E-state index contributed by atoms with van der Waals surface area (Å²) in [6, 6.07) is 0. The molecule has 3 nitrogen and oxygen atoms in total. The lowest BCUT2D eigenvalue weighted by molar-refractivity contribution is 0.156. The van der Waals surface area contributed by atoms with Gasteiger partial charge in [0, 0.05) is 6.20 Å². The lowest BCUT2D eigenvalue weighted by atomic mass is 10.4. The molecule has 0 atom stereocenters. The van der Waals surface area contributed by atoms with E-state index in [1.807, 2.05) is 13.8 Å². The smallest absolute Gasteiger partial charge is 0.411 e. The summed E-state index contributed by atoms with van der Waals surface area (Å²) in [4.78, 5) is 10.6. The van der Waals surface area contributed by atoms with Gasteiger partial charge in [-0.2, -0.15) is 0 Å². The van der Waals surface area contributed by atoms with Crippen molar-refractivity contribution in [1.29, 1.82) is 0 Å². The predicted molar refractivity (Wildman–Crippen MR) is 39.6 cm³/mol. The molecule has 0 spiro atoms. The number of carbonyl (C=O) groups excluding carboxylic acids is 1. The van der Waals surface area contributed by atoms with E-state index >= 15 is 0 Å². The summed E-state index contributed by atoms with van der Waals surface area (Å²) in [6.45, 7) is 5.96. The fourth-order valence-electron chi connectivity index (χ4n) is 0.376. The molecule has 0 saturated heterocycles. The van der Waals surface area contributed by atoms with Gasteiger partial charge in [0.25, 0.3) is 0 Å². The number of allylic oxidation sites excluding steroid dienone is 1. The van der Waals surface area contributed by atoms with Crippen molar-refractivity contribution in [3.63, 3.8) is 0 Å². The van der Waals surface area contributed by atoms with E-state index in [1.54, 1.807) is 13.1 Å². The second-order valence-electron chi connectivity index (χ2n) is 2.09. The first-order chi connectivity index (χ1) is 4.66. The van der Waals surface area contributed by atoms with E-state index in [9.17, 15) is 4.79 Å². The van der Waals surface area contributed by atoms with Crippen molar-refractivity contribution in [3.05, 3.63) is 11.8 Å². The minimum Gasteiger partial charge on any atom is -0.450 e. The van der Waals surface area contributed by atoms with Crippen LogP contribution in [0.15, 0.2) is 11.8 Å². The number of nitrogens with one attached hydrogen (secondary N) is 1. The van der Waals surface area contributed by atoms with Crippen LogP contribution in [0.1, 0.15) is 20.8 Å². The lowest BCUT2D eigenvalue weighted by Crippen LogP contribution is -2.18. The third-order valence-corrected chi connectivity index (χ3v) is 0.754. The van der Waals surface area contributed by atoms with Gasteiger partial charge < -0.3 is 4.74 Å². The van der Waals surface area contributed by atoms with Crippen molar-refractivity contribution in [2.24, 2.45) is 0 Å². The molecular formula is C7H13NO2. The maximum absolute atomic E-state index is 10.6. The van der Waals surface area contributed by atoms with Crippen molar-refractivity contribution in [2.75, 3.05) is 6.61 Å². The highest BCUT2D eigenvalue weighted by Crippen LogP contribution is 1.84. The molecule has 0 aromatic carbocycles. The largest absolute Gasteiger partial charge is 0.450 e. The molecule has 0 aliphatic carbocycles. The van der Waals surface area contributed by atoms with Crippen LogP contribution in [-0.4, -0.2) is 12.7 Å². The minimum atomic E-state index is -0.399. The molecule has 1 amide bonds. The maximum atomic E-state index is 10.6. The number of hydrogen-bond donors (Lipinski definition) is 1. The SMILES string of the molecule is CCOC(=O)NC=C(C)C. The molecule has 0 fully saturated rings. The van der Waals surface area contributed by atoms with Crippen LogP contribution in [0.2, 0.25) is 0 Å². The van der Waals surface area contributed by atoms with Gasteiger partial charge in [-0.15, -0.1) is 0 Å². The Morgan fingerprint density at radius 2 is 2.20 bits per heavy atom. The third kappa shape index (κ3) is 5.15. The number of amides is 1. The van der Waals surface area contributed by atoms with Gasteiger partial charge >= 0.3 is 6.09 Å². The Morgan fingerprint density at radius 1 is 1.60 bits per heavy atom. The van der Waals surface area contributed by atoms with Crippen LogP contribution in [0.25, 0.3) is 0 Å². The molecule has 10 heavy (non-hydrogen) atoms. The van der Waals surface area contributed by atoms with E-state index in [1.165, 1.54) is 0 Å². The summed E-state index contributed by atoms with van der Waals surface area (Å²) in [5.41, 5.74) is 1.04. The van der Waals surface area contributed by atoms with Crippen LogP contribution in [0.4, 0.5) is 4.79 Å². The second-order valence-corrected chi connectivity index (χ2v) is 2.09. The summed E-state index contributed by atoms with van der Waals surface area (Å²) in [5.74, 6) is 0. The molecule has 0 unspecified atom stereocenters. The number of alkyl carbamates (subject to hydrolysis) is 1. The lowest BCUT2D eigenvalue weighted by Gasteiger charge is -1.99. The number of rotatable bonds is 2. The third-order valence-electron chi connectivity index (χ3n) is 0.754. The highest BCUT2D eigenvalue weighted by atomic mass is 16.5. The van der Waals surface area contributed by atoms with Crippen molar-refractivity contribution >= 4 is 6.09 Å². The molecule has 0 rings (SSSR count). The molecule has 0 radical (unpaired) electrons. The molecule has 3 heteroatoms. The molecule has 58 valence electrons. The first kappa shape index (κ1) is 9.01. The normalized spacial score (nSPS) is 8.30. The monoisotopic (exact) mass is 143 g/mol. The van der Waals surface area contributed by atoms with E-state index in [4.69, 9.17) is 0 Å². The standard InChI is InChI=1S/C7H13NO2/c1-4-10-7(9)8-5-6(2)3/h5H,4H2,1-3H3,(H,8,9). The molecule has 0 aromatic rings. The van der Waals surface area contributed by atoms with E-state index in [0.29, 0.717) is 6.61 Å². The van der Waals surface area contributed by atoms with Crippen LogP contribution in [0.5, 0.6) is 0 Å². The van der Waals surface area contributed by atoms with Crippen LogP contribution in [-0.2, 0) is 4.74 Å². The Labute approximate surface area is 61.1 Å². The summed E-state index contributed by atoms with van der Waals surface area (Å²) in [6.07, 6.45) is 1.21. The highest BCUT2D eigenvalue weighted by molar-refractivity contribution is 5.68. The molecule has 0 aliphatic rings. The fourth-order valence-corrected chi connectivity index (χ4v) is 0.376. The Hall–Kier alpha value is -0.990. The van der Waals surface area contributed by atoms with Gasteiger partial charge in [0.15, 0.2) is 0 Å². The summed E-state index contributed by atoms with van der Waals surface area (Å²) >= 11 is 0. The minimum absolute atomic E-state index is 0.399. The molecular weight excluding hydrogens is 130 g/mol. The van der Waals surface area contributed by atoms with Crippen molar-refractivity contribution < 1.29 is 9.53 Å². The van der Waals surface area contributed by atoms with Gasteiger partial charge in [0.1, 0.15) is 0 Å². The number of hydrogen-bond acceptors (Lipinski definition) is 2. The Morgan fingerprint density at radius 3 is 2.60 bits per heavy atom. The molecule has 1 N–H and O–H groups in total. The van der Waals surface area contributed by atoms with Gasteiger partial charge in [-0.25, -0.2) is 4.79 Å². The van der Waals surface area contributed by atoms with Gasteiger partial charge in [-0.3, -0.25) is 5.32 Å². The van der Waals surface area contributed by atoms with Crippen molar-refractivity contribution in [1.82, 2.24) is 5.32 Å². The zero-order valence-corrected chi connectivity index (χ0v) is 6.60. The van der Waals surface area contributed by atoms with Crippen LogP contribution in [0.3, 0.4) is 0 Å². The van der Waals surface area contributed by atoms with E-state index in [2.05, 4.69) is 10.1 Å². The zero-order valence-electron chi connectivity index (χ0n) is 6.60. The Bertz CT molecular complexity index is 137. The molecule has 0 aliphatic heterocycles. The van der Waals surface area contributed by atoms with Gasteiger partial charge in [0.05, 0.1) is 6.61 Å². The summed E-state index contributed by atoms with van der Waals surface area (Å²) in [5, 5.41) is 2.46. The first-order valence-corrected chi connectivity index (χ1v) is 3.23. The van der Waals surface area contributed by atoms with Crippen molar-refractivity contribution in [2.45, 2.75) is 20.8 Å². The predicted octanol–water partition coefficient (Wildman–Crippen LogP) is 1.66. The summed E-state index contributed by atoms with van der Waals surface area (Å²) < 4.78 is 4.60. The number of ether oxygens (including phenoxy) is 1. The Kier molecular flexibility index (Phi) is 4.37. The molecule has 0 heterocycles. The molecule has 0 bridgehead atoms. The zero-order chi connectivity index (χ0) is 7.98. The number of carbonyl (C=O) groups is 1. The average Bonchev–Trinajstić information content (AvgIpc) is 1.85.